The number of carbonyl (C=O) groups is 3. The standard InChI is InChI=1S/C21H19N3O5S/c1-2-28-20(27)14-6-8-15(9-7-14)23-18(25)12-29-16-5-3-4-13(10-16)11-17-19(26)24-21(22)30-17/h3-11H,2,12H2,1H3,(H,23,25)(H2,22,24,26)/b17-11-. The second-order valence-electron chi connectivity index (χ2n) is 6.10. The summed E-state index contributed by atoms with van der Waals surface area (Å²) in [7, 11) is 0. The van der Waals surface area contributed by atoms with Gasteiger partial charge in [0.05, 0.1) is 17.1 Å². The maximum absolute atomic E-state index is 12.1. The summed E-state index contributed by atoms with van der Waals surface area (Å²) < 4.78 is 10.4. The quantitative estimate of drug-likeness (QED) is 0.464. The molecule has 2 aromatic rings. The van der Waals surface area contributed by atoms with Gasteiger partial charge < -0.3 is 20.1 Å². The maximum atomic E-state index is 12.1. The highest BCUT2D eigenvalue weighted by molar-refractivity contribution is 8.18. The minimum Gasteiger partial charge on any atom is -0.484 e. The summed E-state index contributed by atoms with van der Waals surface area (Å²) in [5.74, 6) is -0.624. The molecule has 154 valence electrons. The Morgan fingerprint density at radius 2 is 1.97 bits per heavy atom. The highest BCUT2D eigenvalue weighted by atomic mass is 32.2. The van der Waals surface area contributed by atoms with Crippen LogP contribution < -0.4 is 15.4 Å². The number of carbonyl (C=O) groups excluding carboxylic acids is 3. The van der Waals surface area contributed by atoms with E-state index in [2.05, 4.69) is 10.6 Å². The van der Waals surface area contributed by atoms with Gasteiger partial charge in [-0.15, -0.1) is 0 Å². The number of hydrogen-bond donors (Lipinski definition) is 3. The van der Waals surface area contributed by atoms with Crippen molar-refractivity contribution in [3.8, 4) is 5.75 Å². The van der Waals surface area contributed by atoms with Crippen LogP contribution in [0.3, 0.4) is 0 Å². The fraction of sp³-hybridized carbons (Fsp3) is 0.143. The van der Waals surface area contributed by atoms with Crippen LogP contribution in [0.4, 0.5) is 5.69 Å². The molecule has 3 rings (SSSR count). The van der Waals surface area contributed by atoms with Gasteiger partial charge in [-0.05, 0) is 66.7 Å². The Labute approximate surface area is 177 Å². The summed E-state index contributed by atoms with van der Waals surface area (Å²) in [5, 5.41) is 12.7. The first kappa shape index (κ1) is 21.1. The molecule has 0 radical (unpaired) electrons. The maximum Gasteiger partial charge on any atom is 0.338 e. The molecule has 1 fully saturated rings. The summed E-state index contributed by atoms with van der Waals surface area (Å²) in [6.45, 7) is 1.82. The van der Waals surface area contributed by atoms with Gasteiger partial charge in [-0.1, -0.05) is 12.1 Å². The number of amidine groups is 1. The number of rotatable bonds is 7. The molecule has 2 aromatic carbocycles. The van der Waals surface area contributed by atoms with Gasteiger partial charge in [0.2, 0.25) is 0 Å². The van der Waals surface area contributed by atoms with Gasteiger partial charge in [-0.25, -0.2) is 4.79 Å². The lowest BCUT2D eigenvalue weighted by Crippen LogP contribution is -2.20. The highest BCUT2D eigenvalue weighted by Crippen LogP contribution is 2.26. The average molecular weight is 425 g/mol. The molecule has 0 atom stereocenters. The molecule has 9 heteroatoms. The highest BCUT2D eigenvalue weighted by Gasteiger charge is 2.22. The third kappa shape index (κ3) is 5.71. The van der Waals surface area contributed by atoms with E-state index in [-0.39, 0.29) is 23.6 Å². The molecular formula is C21H19N3O5S. The molecule has 0 bridgehead atoms. The molecule has 8 nitrogen and oxygen atoms in total. The number of esters is 1. The van der Waals surface area contributed by atoms with Crippen molar-refractivity contribution < 1.29 is 23.9 Å². The van der Waals surface area contributed by atoms with E-state index < -0.39 is 5.97 Å². The second kappa shape index (κ2) is 9.75. The zero-order valence-electron chi connectivity index (χ0n) is 16.1. The van der Waals surface area contributed by atoms with Gasteiger partial charge >= 0.3 is 5.97 Å². The lowest BCUT2D eigenvalue weighted by molar-refractivity contribution is -0.118. The van der Waals surface area contributed by atoms with Crippen LogP contribution in [-0.4, -0.2) is 36.2 Å². The van der Waals surface area contributed by atoms with E-state index >= 15 is 0 Å². The number of benzene rings is 2. The predicted octanol–water partition coefficient (Wildman–Crippen LogP) is 3.02. The number of amides is 2. The minimum atomic E-state index is -0.418. The molecule has 0 aliphatic carbocycles. The number of anilines is 1. The van der Waals surface area contributed by atoms with Crippen molar-refractivity contribution in [1.29, 1.82) is 5.41 Å². The van der Waals surface area contributed by atoms with Crippen molar-refractivity contribution in [3.05, 3.63) is 64.6 Å². The Kier molecular flexibility index (Phi) is 6.87. The first-order valence-electron chi connectivity index (χ1n) is 9.04. The summed E-state index contributed by atoms with van der Waals surface area (Å²) in [6, 6.07) is 13.3. The SMILES string of the molecule is CCOC(=O)c1ccc(NC(=O)COc2cccc(/C=C3\SC(=N)NC3=O)c2)cc1. The lowest BCUT2D eigenvalue weighted by Gasteiger charge is -2.09. The third-order valence-electron chi connectivity index (χ3n) is 3.87. The van der Waals surface area contributed by atoms with Gasteiger partial charge in [-0.2, -0.15) is 0 Å². The van der Waals surface area contributed by atoms with Crippen molar-refractivity contribution in [1.82, 2.24) is 5.32 Å². The monoisotopic (exact) mass is 425 g/mol. The summed E-state index contributed by atoms with van der Waals surface area (Å²) in [6.07, 6.45) is 1.65. The average Bonchev–Trinajstić information content (AvgIpc) is 3.04. The largest absolute Gasteiger partial charge is 0.484 e. The fourth-order valence-electron chi connectivity index (χ4n) is 2.54. The van der Waals surface area contributed by atoms with E-state index in [1.165, 1.54) is 0 Å². The molecule has 0 aromatic heterocycles. The Balaban J connectivity index is 1.55. The van der Waals surface area contributed by atoms with Crippen molar-refractivity contribution in [2.45, 2.75) is 6.92 Å². The topological polar surface area (TPSA) is 118 Å². The van der Waals surface area contributed by atoms with Crippen molar-refractivity contribution in [2.24, 2.45) is 0 Å². The number of nitrogens with one attached hydrogen (secondary N) is 3. The van der Waals surface area contributed by atoms with E-state index in [0.29, 0.717) is 28.5 Å². The van der Waals surface area contributed by atoms with Crippen LogP contribution in [0.1, 0.15) is 22.8 Å². The minimum absolute atomic E-state index is 0.0885. The van der Waals surface area contributed by atoms with Gasteiger partial charge in [0, 0.05) is 5.69 Å². The van der Waals surface area contributed by atoms with Crippen LogP contribution in [0.25, 0.3) is 6.08 Å². The third-order valence-corrected chi connectivity index (χ3v) is 4.70. The molecule has 2 amide bonds. The van der Waals surface area contributed by atoms with Crippen LogP contribution >= 0.6 is 11.8 Å². The van der Waals surface area contributed by atoms with Crippen LogP contribution in [0.2, 0.25) is 0 Å². The Bertz CT molecular complexity index is 1020. The summed E-state index contributed by atoms with van der Waals surface area (Å²) >= 11 is 1.05. The normalized spacial score (nSPS) is 14.4. The predicted molar refractivity (Wildman–Crippen MR) is 114 cm³/mol. The first-order valence-corrected chi connectivity index (χ1v) is 9.85. The Morgan fingerprint density at radius 3 is 2.63 bits per heavy atom. The van der Waals surface area contributed by atoms with Crippen LogP contribution in [0, 0.1) is 5.41 Å². The molecule has 1 heterocycles. The molecule has 0 saturated carbocycles. The van der Waals surface area contributed by atoms with Crippen molar-refractivity contribution in [3.63, 3.8) is 0 Å². The Hall–Kier alpha value is -3.59. The molecule has 0 spiro atoms. The smallest absolute Gasteiger partial charge is 0.338 e. The van der Waals surface area contributed by atoms with Gasteiger partial charge in [0.15, 0.2) is 11.8 Å². The first-order chi connectivity index (χ1) is 14.4. The van der Waals surface area contributed by atoms with E-state index in [1.54, 1.807) is 61.5 Å². The molecule has 0 unspecified atom stereocenters. The van der Waals surface area contributed by atoms with E-state index in [9.17, 15) is 14.4 Å². The van der Waals surface area contributed by atoms with Crippen molar-refractivity contribution >= 4 is 46.5 Å². The van der Waals surface area contributed by atoms with Crippen LogP contribution in [0.15, 0.2) is 53.4 Å². The molecule has 3 N–H and O–H groups in total. The molecule has 30 heavy (non-hydrogen) atoms. The summed E-state index contributed by atoms with van der Waals surface area (Å²) in [4.78, 5) is 35.9. The number of thioether (sulfide) groups is 1. The Morgan fingerprint density at radius 1 is 1.20 bits per heavy atom. The van der Waals surface area contributed by atoms with Gasteiger partial charge in [0.25, 0.3) is 11.8 Å². The molecule has 1 aliphatic heterocycles. The van der Waals surface area contributed by atoms with Crippen LogP contribution in [0.5, 0.6) is 5.75 Å². The zero-order chi connectivity index (χ0) is 21.5. The van der Waals surface area contributed by atoms with E-state index in [0.717, 1.165) is 17.3 Å². The molecular weight excluding hydrogens is 406 g/mol. The lowest BCUT2D eigenvalue weighted by atomic mass is 10.2. The molecule has 1 saturated heterocycles. The van der Waals surface area contributed by atoms with Gasteiger partial charge in [0.1, 0.15) is 5.75 Å². The molecule has 1 aliphatic rings. The van der Waals surface area contributed by atoms with Crippen molar-refractivity contribution in [2.75, 3.05) is 18.5 Å². The van der Waals surface area contributed by atoms with Crippen LogP contribution in [-0.2, 0) is 14.3 Å². The second-order valence-corrected chi connectivity index (χ2v) is 7.15. The number of ether oxygens (including phenoxy) is 2. The fourth-order valence-corrected chi connectivity index (χ4v) is 3.24. The zero-order valence-corrected chi connectivity index (χ0v) is 16.9. The van der Waals surface area contributed by atoms with E-state index in [4.69, 9.17) is 14.9 Å². The van der Waals surface area contributed by atoms with Gasteiger partial charge in [-0.3, -0.25) is 15.0 Å². The number of hydrogen-bond acceptors (Lipinski definition) is 7. The summed E-state index contributed by atoms with van der Waals surface area (Å²) in [5.41, 5.74) is 1.65. The van der Waals surface area contributed by atoms with E-state index in [1.807, 2.05) is 0 Å².